The molecule has 2 aromatic rings. The summed E-state index contributed by atoms with van der Waals surface area (Å²) in [6.07, 6.45) is 8.74. The van der Waals surface area contributed by atoms with Crippen molar-refractivity contribution in [2.45, 2.75) is 64.6 Å². The van der Waals surface area contributed by atoms with E-state index < -0.39 is 0 Å². The van der Waals surface area contributed by atoms with E-state index in [0.717, 1.165) is 35.6 Å². The summed E-state index contributed by atoms with van der Waals surface area (Å²) in [5.74, 6) is 4.16. The van der Waals surface area contributed by atoms with Gasteiger partial charge in [-0.1, -0.05) is 18.2 Å². The average Bonchev–Trinajstić information content (AvgIpc) is 2.76. The van der Waals surface area contributed by atoms with Gasteiger partial charge < -0.3 is 14.8 Å². The van der Waals surface area contributed by atoms with Crippen molar-refractivity contribution in [3.63, 3.8) is 0 Å². The Morgan fingerprint density at radius 3 is 2.16 bits per heavy atom. The molecule has 1 N–H and O–H groups in total. The third kappa shape index (κ3) is 4.32. The molecule has 166 valence electrons. The zero-order valence-electron chi connectivity index (χ0n) is 18.7. The molecule has 0 heterocycles. The van der Waals surface area contributed by atoms with Gasteiger partial charge >= 0.3 is 0 Å². The van der Waals surface area contributed by atoms with Gasteiger partial charge in [0.05, 0.1) is 7.11 Å². The molecule has 0 aromatic heterocycles. The van der Waals surface area contributed by atoms with E-state index in [1.165, 1.54) is 56.2 Å². The molecule has 0 saturated heterocycles. The maximum Gasteiger partial charge on any atom is 0.161 e. The number of ether oxygens (including phenoxy) is 2. The van der Waals surface area contributed by atoms with Gasteiger partial charge in [0.1, 0.15) is 12.4 Å². The van der Waals surface area contributed by atoms with Crippen LogP contribution >= 0.6 is 0 Å². The van der Waals surface area contributed by atoms with Gasteiger partial charge in [-0.3, -0.25) is 0 Å². The van der Waals surface area contributed by atoms with Crippen molar-refractivity contribution >= 4 is 0 Å². The van der Waals surface area contributed by atoms with Crippen molar-refractivity contribution < 1.29 is 13.9 Å². The first-order valence-electron chi connectivity index (χ1n) is 11.8. The predicted molar refractivity (Wildman–Crippen MR) is 121 cm³/mol. The summed E-state index contributed by atoms with van der Waals surface area (Å²) in [6, 6.07) is 13.1. The number of hydrogen-bond acceptors (Lipinski definition) is 3. The maximum atomic E-state index is 13.1. The molecule has 0 aliphatic heterocycles. The van der Waals surface area contributed by atoms with Crippen molar-refractivity contribution in [1.82, 2.24) is 5.32 Å². The zero-order valence-corrected chi connectivity index (χ0v) is 18.7. The molecule has 0 amide bonds. The van der Waals surface area contributed by atoms with Crippen LogP contribution in [0, 0.1) is 29.0 Å². The van der Waals surface area contributed by atoms with Gasteiger partial charge in [-0.05, 0) is 104 Å². The second-order valence-corrected chi connectivity index (χ2v) is 10.3. The third-order valence-corrected chi connectivity index (χ3v) is 8.15. The molecule has 4 bridgehead atoms. The van der Waals surface area contributed by atoms with Crippen LogP contribution in [0.3, 0.4) is 0 Å². The summed E-state index contributed by atoms with van der Waals surface area (Å²) in [6.45, 7) is 3.64. The summed E-state index contributed by atoms with van der Waals surface area (Å²) >= 11 is 0. The first kappa shape index (κ1) is 20.8. The van der Waals surface area contributed by atoms with Gasteiger partial charge in [0.25, 0.3) is 0 Å². The smallest absolute Gasteiger partial charge is 0.161 e. The minimum Gasteiger partial charge on any atom is -0.493 e. The van der Waals surface area contributed by atoms with Gasteiger partial charge in [-0.2, -0.15) is 0 Å². The van der Waals surface area contributed by atoms with E-state index in [9.17, 15) is 4.39 Å². The highest BCUT2D eigenvalue weighted by Crippen LogP contribution is 2.61. The van der Waals surface area contributed by atoms with E-state index in [2.05, 4.69) is 24.4 Å². The van der Waals surface area contributed by atoms with Crippen LogP contribution < -0.4 is 14.8 Å². The quantitative estimate of drug-likeness (QED) is 0.556. The van der Waals surface area contributed by atoms with Crippen LogP contribution in [0.15, 0.2) is 42.5 Å². The fourth-order valence-electron chi connectivity index (χ4n) is 6.88. The predicted octanol–water partition coefficient (Wildman–Crippen LogP) is 6.11. The van der Waals surface area contributed by atoms with Crippen LogP contribution in [0.25, 0.3) is 0 Å². The Labute approximate surface area is 185 Å². The summed E-state index contributed by atoms with van der Waals surface area (Å²) in [5.41, 5.74) is 2.65. The Bertz CT molecular complexity index is 875. The summed E-state index contributed by atoms with van der Waals surface area (Å²) in [4.78, 5) is 0. The van der Waals surface area contributed by atoms with Crippen molar-refractivity contribution in [3.05, 3.63) is 59.4 Å². The molecule has 6 rings (SSSR count). The lowest BCUT2D eigenvalue weighted by atomic mass is 9.48. The highest BCUT2D eigenvalue weighted by atomic mass is 19.1. The standard InChI is InChI=1S/C27H34FNO2/c1-18(27-13-21-9-22(14-27)11-23(10-21)15-27)29-16-20-5-8-25(26(12-20)30-2)31-17-19-3-6-24(28)7-4-19/h3-8,12,18,21-23,29H,9-11,13-17H2,1-2H3/t18-,21?,22?,23?,27?/m0/s1. The van der Waals surface area contributed by atoms with Crippen LogP contribution in [-0.2, 0) is 13.2 Å². The van der Waals surface area contributed by atoms with Crippen molar-refractivity contribution in [1.29, 1.82) is 0 Å². The monoisotopic (exact) mass is 423 g/mol. The lowest BCUT2D eigenvalue weighted by Crippen LogP contribution is -2.54. The molecule has 0 unspecified atom stereocenters. The number of nitrogens with one attached hydrogen (secondary N) is 1. The molecule has 4 saturated carbocycles. The van der Waals surface area contributed by atoms with Crippen LogP contribution in [0.1, 0.15) is 56.6 Å². The SMILES string of the molecule is COc1cc(CN[C@@H](C)C23CC4CC(CC(C4)C2)C3)ccc1OCc1ccc(F)cc1. The highest BCUT2D eigenvalue weighted by Gasteiger charge is 2.52. The minimum absolute atomic E-state index is 0.235. The number of halogens is 1. The normalized spacial score (nSPS) is 29.7. The number of rotatable bonds is 8. The summed E-state index contributed by atoms with van der Waals surface area (Å²) in [7, 11) is 1.68. The molecule has 3 nitrogen and oxygen atoms in total. The topological polar surface area (TPSA) is 30.5 Å². The summed E-state index contributed by atoms with van der Waals surface area (Å²) in [5, 5.41) is 3.86. The van der Waals surface area contributed by atoms with Crippen molar-refractivity contribution in [3.8, 4) is 11.5 Å². The Hall–Kier alpha value is -2.07. The van der Waals surface area contributed by atoms with E-state index in [1.54, 1.807) is 19.2 Å². The third-order valence-electron chi connectivity index (χ3n) is 8.15. The second-order valence-electron chi connectivity index (χ2n) is 10.3. The molecular weight excluding hydrogens is 389 g/mol. The average molecular weight is 424 g/mol. The minimum atomic E-state index is -0.235. The van der Waals surface area contributed by atoms with Gasteiger partial charge in [-0.25, -0.2) is 4.39 Å². The molecule has 2 aromatic carbocycles. The highest BCUT2D eigenvalue weighted by molar-refractivity contribution is 5.43. The molecule has 0 radical (unpaired) electrons. The zero-order chi connectivity index (χ0) is 21.4. The fourth-order valence-corrected chi connectivity index (χ4v) is 6.88. The lowest BCUT2D eigenvalue weighted by molar-refractivity contribution is -0.0706. The van der Waals surface area contributed by atoms with E-state index in [1.807, 2.05) is 6.07 Å². The second kappa shape index (κ2) is 8.46. The maximum absolute atomic E-state index is 13.1. The number of hydrogen-bond donors (Lipinski definition) is 1. The molecule has 1 atom stereocenters. The Morgan fingerprint density at radius 2 is 1.55 bits per heavy atom. The van der Waals surface area contributed by atoms with Gasteiger partial charge in [0, 0.05) is 12.6 Å². The molecular formula is C27H34FNO2. The molecule has 0 spiro atoms. The van der Waals surface area contributed by atoms with E-state index in [-0.39, 0.29) is 5.82 Å². The van der Waals surface area contributed by atoms with Gasteiger partial charge in [0.15, 0.2) is 11.5 Å². The largest absolute Gasteiger partial charge is 0.493 e. The molecule has 4 aliphatic rings. The number of methoxy groups -OCH3 is 1. The first-order chi connectivity index (χ1) is 15.0. The van der Waals surface area contributed by atoms with E-state index in [4.69, 9.17) is 9.47 Å². The summed E-state index contributed by atoms with van der Waals surface area (Å²) < 4.78 is 24.6. The van der Waals surface area contributed by atoms with Gasteiger partial charge in [-0.15, -0.1) is 0 Å². The molecule has 4 heteroatoms. The Morgan fingerprint density at radius 1 is 0.935 bits per heavy atom. The molecule has 31 heavy (non-hydrogen) atoms. The van der Waals surface area contributed by atoms with Crippen LogP contribution in [-0.4, -0.2) is 13.2 Å². The number of benzene rings is 2. The lowest BCUT2D eigenvalue weighted by Gasteiger charge is -2.59. The molecule has 4 aliphatic carbocycles. The van der Waals surface area contributed by atoms with Crippen molar-refractivity contribution in [2.75, 3.05) is 7.11 Å². The van der Waals surface area contributed by atoms with Crippen molar-refractivity contribution in [2.24, 2.45) is 23.2 Å². The first-order valence-corrected chi connectivity index (χ1v) is 11.8. The van der Waals surface area contributed by atoms with Gasteiger partial charge in [0.2, 0.25) is 0 Å². The van der Waals surface area contributed by atoms with E-state index >= 15 is 0 Å². The van der Waals surface area contributed by atoms with Crippen LogP contribution in [0.5, 0.6) is 11.5 Å². The molecule has 4 fully saturated rings. The Balaban J connectivity index is 1.20. The fraction of sp³-hybridized carbons (Fsp3) is 0.556. The Kier molecular flexibility index (Phi) is 5.68. The van der Waals surface area contributed by atoms with Crippen LogP contribution in [0.2, 0.25) is 0 Å². The van der Waals surface area contributed by atoms with E-state index in [0.29, 0.717) is 23.8 Å². The van der Waals surface area contributed by atoms with Crippen LogP contribution in [0.4, 0.5) is 4.39 Å².